The topological polar surface area (TPSA) is 44.1 Å². The van der Waals surface area contributed by atoms with Crippen molar-refractivity contribution in [1.82, 2.24) is 9.55 Å². The van der Waals surface area contributed by atoms with E-state index < -0.39 is 5.97 Å². The van der Waals surface area contributed by atoms with Crippen LogP contribution in [0.1, 0.15) is 18.3 Å². The summed E-state index contributed by atoms with van der Waals surface area (Å²) in [5, 5.41) is 0. The maximum absolute atomic E-state index is 11.5. The average Bonchev–Trinajstić information content (AvgIpc) is 2.83. The predicted molar refractivity (Wildman–Crippen MR) is 87.2 cm³/mol. The zero-order valence-corrected chi connectivity index (χ0v) is 13.0. The Balaban J connectivity index is 2.34. The molecule has 0 N–H and O–H groups in total. The lowest BCUT2D eigenvalue weighted by Crippen LogP contribution is -2.06. The lowest BCUT2D eigenvalue weighted by atomic mass is 10.2. The fourth-order valence-corrected chi connectivity index (χ4v) is 2.14. The standard InChI is InChI=1S/C18H20N2O2/c1-5-11-20-14(4)16(12-22-18(21)13(2)3)19-17(20)15-9-7-6-8-10-15/h5-10H,1-2,11-12H2,3-4H3. The number of hydrogen-bond donors (Lipinski definition) is 0. The Bertz CT molecular complexity index is 699. The van der Waals surface area contributed by atoms with Gasteiger partial charge in [-0.3, -0.25) is 0 Å². The van der Waals surface area contributed by atoms with E-state index in [1.807, 2.05) is 43.3 Å². The second kappa shape index (κ2) is 6.89. The molecule has 0 radical (unpaired) electrons. The Kier molecular flexibility index (Phi) is 4.94. The van der Waals surface area contributed by atoms with Gasteiger partial charge in [0.2, 0.25) is 0 Å². The highest BCUT2D eigenvalue weighted by Crippen LogP contribution is 2.23. The molecule has 4 heteroatoms. The number of carbonyl (C=O) groups is 1. The Morgan fingerprint density at radius 3 is 2.64 bits per heavy atom. The van der Waals surface area contributed by atoms with Crippen LogP contribution in [0.3, 0.4) is 0 Å². The molecule has 0 atom stereocenters. The number of nitrogens with zero attached hydrogens (tertiary/aromatic N) is 2. The van der Waals surface area contributed by atoms with Gasteiger partial charge in [-0.2, -0.15) is 0 Å². The van der Waals surface area contributed by atoms with Crippen LogP contribution in [0.5, 0.6) is 0 Å². The van der Waals surface area contributed by atoms with Gasteiger partial charge in [-0.15, -0.1) is 6.58 Å². The molecule has 0 bridgehead atoms. The first-order chi connectivity index (χ1) is 10.5. The van der Waals surface area contributed by atoms with Gasteiger partial charge in [0.1, 0.15) is 12.4 Å². The molecule has 0 saturated heterocycles. The Hall–Kier alpha value is -2.62. The molecule has 0 unspecified atom stereocenters. The zero-order chi connectivity index (χ0) is 16.1. The van der Waals surface area contributed by atoms with Crippen LogP contribution < -0.4 is 0 Å². The maximum Gasteiger partial charge on any atom is 0.333 e. The summed E-state index contributed by atoms with van der Waals surface area (Å²) in [5.74, 6) is 0.443. The predicted octanol–water partition coefficient (Wildman–Crippen LogP) is 3.66. The van der Waals surface area contributed by atoms with Crippen molar-refractivity contribution in [3.63, 3.8) is 0 Å². The lowest BCUT2D eigenvalue weighted by molar-refractivity contribution is -0.140. The molecule has 0 fully saturated rings. The second-order valence-electron chi connectivity index (χ2n) is 5.09. The molecule has 0 amide bonds. The molecular formula is C18H20N2O2. The lowest BCUT2D eigenvalue weighted by Gasteiger charge is -2.07. The third kappa shape index (κ3) is 3.34. The Labute approximate surface area is 130 Å². The van der Waals surface area contributed by atoms with Crippen molar-refractivity contribution in [2.24, 2.45) is 0 Å². The van der Waals surface area contributed by atoms with Gasteiger partial charge in [-0.25, -0.2) is 9.78 Å². The summed E-state index contributed by atoms with van der Waals surface area (Å²) >= 11 is 0. The number of allylic oxidation sites excluding steroid dienone is 1. The Morgan fingerprint density at radius 1 is 1.36 bits per heavy atom. The molecular weight excluding hydrogens is 276 g/mol. The van der Waals surface area contributed by atoms with Crippen LogP contribution in [0, 0.1) is 6.92 Å². The molecule has 2 rings (SSSR count). The van der Waals surface area contributed by atoms with Gasteiger partial charge in [0.15, 0.2) is 0 Å². The van der Waals surface area contributed by atoms with Crippen molar-refractivity contribution < 1.29 is 9.53 Å². The second-order valence-corrected chi connectivity index (χ2v) is 5.09. The van der Waals surface area contributed by atoms with Gasteiger partial charge in [-0.05, 0) is 13.8 Å². The number of carbonyl (C=O) groups excluding carboxylic acids is 1. The smallest absolute Gasteiger partial charge is 0.333 e. The van der Waals surface area contributed by atoms with E-state index in [9.17, 15) is 4.79 Å². The van der Waals surface area contributed by atoms with E-state index in [2.05, 4.69) is 22.7 Å². The van der Waals surface area contributed by atoms with E-state index in [4.69, 9.17) is 4.74 Å². The number of benzene rings is 1. The number of imidazole rings is 1. The first-order valence-corrected chi connectivity index (χ1v) is 7.09. The molecule has 0 aliphatic heterocycles. The van der Waals surface area contributed by atoms with Crippen molar-refractivity contribution in [3.8, 4) is 11.4 Å². The van der Waals surface area contributed by atoms with Crippen molar-refractivity contribution >= 4 is 5.97 Å². The van der Waals surface area contributed by atoms with Crippen molar-refractivity contribution in [2.45, 2.75) is 27.0 Å². The van der Waals surface area contributed by atoms with Crippen LogP contribution in [-0.4, -0.2) is 15.5 Å². The van der Waals surface area contributed by atoms with Gasteiger partial charge in [0, 0.05) is 23.4 Å². The highest BCUT2D eigenvalue weighted by Gasteiger charge is 2.16. The summed E-state index contributed by atoms with van der Waals surface area (Å²) in [6, 6.07) is 9.92. The summed E-state index contributed by atoms with van der Waals surface area (Å²) in [6.07, 6.45) is 1.82. The minimum absolute atomic E-state index is 0.140. The molecule has 2 aromatic rings. The zero-order valence-electron chi connectivity index (χ0n) is 13.0. The van der Waals surface area contributed by atoms with Crippen LogP contribution in [0.2, 0.25) is 0 Å². The quantitative estimate of drug-likeness (QED) is 0.464. The van der Waals surface area contributed by atoms with Crippen LogP contribution in [0.4, 0.5) is 0 Å². The minimum atomic E-state index is -0.404. The maximum atomic E-state index is 11.5. The SMILES string of the molecule is C=CCn1c(-c2ccccc2)nc(COC(=O)C(=C)C)c1C. The summed E-state index contributed by atoms with van der Waals surface area (Å²) in [4.78, 5) is 16.2. The number of hydrogen-bond acceptors (Lipinski definition) is 3. The van der Waals surface area contributed by atoms with Gasteiger partial charge in [0.05, 0.1) is 5.69 Å². The monoisotopic (exact) mass is 296 g/mol. The van der Waals surface area contributed by atoms with Gasteiger partial charge in [-0.1, -0.05) is 43.0 Å². The molecule has 0 aliphatic carbocycles. The van der Waals surface area contributed by atoms with Crippen LogP contribution in [0.15, 0.2) is 55.1 Å². The molecule has 0 spiro atoms. The largest absolute Gasteiger partial charge is 0.456 e. The van der Waals surface area contributed by atoms with E-state index >= 15 is 0 Å². The van der Waals surface area contributed by atoms with E-state index in [1.165, 1.54) is 0 Å². The highest BCUT2D eigenvalue weighted by atomic mass is 16.5. The summed E-state index contributed by atoms with van der Waals surface area (Å²) in [7, 11) is 0. The fourth-order valence-electron chi connectivity index (χ4n) is 2.14. The first kappa shape index (κ1) is 15.8. The van der Waals surface area contributed by atoms with E-state index in [-0.39, 0.29) is 6.61 Å². The summed E-state index contributed by atoms with van der Waals surface area (Å²) in [6.45, 7) is 11.8. The average molecular weight is 296 g/mol. The third-order valence-corrected chi connectivity index (χ3v) is 3.35. The van der Waals surface area contributed by atoms with Crippen molar-refractivity contribution in [1.29, 1.82) is 0 Å². The number of ether oxygens (including phenoxy) is 1. The summed E-state index contributed by atoms with van der Waals surface area (Å²) < 4.78 is 7.27. The highest BCUT2D eigenvalue weighted by molar-refractivity contribution is 5.86. The molecule has 22 heavy (non-hydrogen) atoms. The first-order valence-electron chi connectivity index (χ1n) is 7.09. The summed E-state index contributed by atoms with van der Waals surface area (Å²) in [5.41, 5.74) is 3.11. The normalized spacial score (nSPS) is 10.3. The molecule has 4 nitrogen and oxygen atoms in total. The molecule has 1 aromatic heterocycles. The van der Waals surface area contributed by atoms with Crippen LogP contribution >= 0.6 is 0 Å². The van der Waals surface area contributed by atoms with E-state index in [0.717, 1.165) is 22.8 Å². The molecule has 0 saturated carbocycles. The molecule has 1 heterocycles. The van der Waals surface area contributed by atoms with Gasteiger partial charge < -0.3 is 9.30 Å². The molecule has 1 aromatic carbocycles. The fraction of sp³-hybridized carbons (Fsp3) is 0.222. The third-order valence-electron chi connectivity index (χ3n) is 3.35. The van der Waals surface area contributed by atoms with E-state index in [1.54, 1.807) is 6.92 Å². The van der Waals surface area contributed by atoms with Crippen molar-refractivity contribution in [3.05, 3.63) is 66.5 Å². The van der Waals surface area contributed by atoms with Gasteiger partial charge in [0.25, 0.3) is 0 Å². The van der Waals surface area contributed by atoms with Crippen LogP contribution in [0.25, 0.3) is 11.4 Å². The Morgan fingerprint density at radius 2 is 2.05 bits per heavy atom. The van der Waals surface area contributed by atoms with E-state index in [0.29, 0.717) is 12.1 Å². The molecule has 0 aliphatic rings. The van der Waals surface area contributed by atoms with Gasteiger partial charge >= 0.3 is 5.97 Å². The number of esters is 1. The van der Waals surface area contributed by atoms with Crippen molar-refractivity contribution in [2.75, 3.05) is 0 Å². The minimum Gasteiger partial charge on any atom is -0.456 e. The molecule has 114 valence electrons. The number of aromatic nitrogens is 2. The van der Waals surface area contributed by atoms with Crippen LogP contribution in [-0.2, 0) is 22.7 Å². The number of rotatable bonds is 6.